The number of amides is 1. The molecule has 1 aromatic carbocycles. The smallest absolute Gasteiger partial charge is 0.256 e. The van der Waals surface area contributed by atoms with Crippen molar-refractivity contribution < 1.29 is 4.79 Å². The van der Waals surface area contributed by atoms with Gasteiger partial charge in [-0.3, -0.25) is 9.78 Å². The van der Waals surface area contributed by atoms with Crippen molar-refractivity contribution in [3.05, 3.63) is 81.4 Å². The molecule has 2 aromatic heterocycles. The van der Waals surface area contributed by atoms with E-state index in [0.717, 1.165) is 11.1 Å². The molecule has 0 spiro atoms. The van der Waals surface area contributed by atoms with Gasteiger partial charge in [-0.05, 0) is 36.6 Å². The Kier molecular flexibility index (Phi) is 5.91. The molecule has 5 nitrogen and oxygen atoms in total. The molecule has 0 radical (unpaired) electrons. The highest BCUT2D eigenvalue weighted by atomic mass is 35.5. The van der Waals surface area contributed by atoms with Gasteiger partial charge in [0.05, 0.1) is 17.8 Å². The van der Waals surface area contributed by atoms with Crippen LogP contribution in [0, 0.1) is 6.92 Å². The highest BCUT2D eigenvalue weighted by Crippen LogP contribution is 2.23. The fraction of sp³-hybridized carbons (Fsp3) is 0.211. The summed E-state index contributed by atoms with van der Waals surface area (Å²) in [4.78, 5) is 16.6. The van der Waals surface area contributed by atoms with Crippen LogP contribution in [-0.2, 0) is 13.0 Å². The third kappa shape index (κ3) is 4.23. The predicted octanol–water partition coefficient (Wildman–Crippen LogP) is 3.91. The van der Waals surface area contributed by atoms with Crippen LogP contribution in [-0.4, -0.2) is 27.2 Å². The molecule has 0 fully saturated rings. The molecule has 26 heavy (non-hydrogen) atoms. The van der Waals surface area contributed by atoms with E-state index in [4.69, 9.17) is 23.2 Å². The lowest BCUT2D eigenvalue weighted by atomic mass is 10.2. The Labute approximate surface area is 162 Å². The molecule has 0 aliphatic heterocycles. The first-order chi connectivity index (χ1) is 12.6. The first kappa shape index (κ1) is 18.4. The topological polar surface area (TPSA) is 59.8 Å². The first-order valence-electron chi connectivity index (χ1n) is 8.19. The number of pyridine rings is 1. The van der Waals surface area contributed by atoms with Gasteiger partial charge in [0.15, 0.2) is 0 Å². The lowest BCUT2D eigenvalue weighted by Crippen LogP contribution is -2.26. The monoisotopic (exact) mass is 388 g/mol. The van der Waals surface area contributed by atoms with E-state index in [9.17, 15) is 4.79 Å². The van der Waals surface area contributed by atoms with Gasteiger partial charge in [0.1, 0.15) is 5.15 Å². The van der Waals surface area contributed by atoms with Crippen LogP contribution in [0.25, 0.3) is 0 Å². The van der Waals surface area contributed by atoms with E-state index in [2.05, 4.69) is 15.4 Å². The van der Waals surface area contributed by atoms with Crippen LogP contribution < -0.4 is 5.32 Å². The van der Waals surface area contributed by atoms with Crippen LogP contribution in [0.5, 0.6) is 0 Å². The zero-order valence-corrected chi connectivity index (χ0v) is 15.8. The van der Waals surface area contributed by atoms with E-state index >= 15 is 0 Å². The average Bonchev–Trinajstić information content (AvgIpc) is 2.91. The Hall–Kier alpha value is -2.37. The standard InChI is InChI=1S/C19H18Cl2N4O/c1-13-17(19(26)23-10-8-14-5-4-9-22-11-14)18(21)25(24-13)12-15-6-2-3-7-16(15)20/h2-7,9,11H,8,10,12H2,1H3,(H,23,26). The van der Waals surface area contributed by atoms with E-state index < -0.39 is 0 Å². The molecular weight excluding hydrogens is 371 g/mol. The third-order valence-corrected chi connectivity index (χ3v) is 4.75. The highest BCUT2D eigenvalue weighted by Gasteiger charge is 2.20. The van der Waals surface area contributed by atoms with Crippen LogP contribution in [0.15, 0.2) is 48.8 Å². The molecule has 0 saturated heterocycles. The number of benzene rings is 1. The third-order valence-electron chi connectivity index (χ3n) is 3.99. The summed E-state index contributed by atoms with van der Waals surface area (Å²) in [6.07, 6.45) is 4.20. The van der Waals surface area contributed by atoms with Gasteiger partial charge in [-0.1, -0.05) is 47.5 Å². The SMILES string of the molecule is Cc1nn(Cc2ccccc2Cl)c(Cl)c1C(=O)NCCc1cccnc1. The van der Waals surface area contributed by atoms with E-state index in [-0.39, 0.29) is 5.91 Å². The van der Waals surface area contributed by atoms with Gasteiger partial charge in [-0.15, -0.1) is 0 Å². The van der Waals surface area contributed by atoms with Gasteiger partial charge in [0.2, 0.25) is 0 Å². The van der Waals surface area contributed by atoms with Gasteiger partial charge < -0.3 is 5.32 Å². The second kappa shape index (κ2) is 8.34. The van der Waals surface area contributed by atoms with E-state index in [1.54, 1.807) is 24.0 Å². The summed E-state index contributed by atoms with van der Waals surface area (Å²) in [5.41, 5.74) is 2.93. The maximum atomic E-state index is 12.5. The molecule has 3 aromatic rings. The zero-order valence-electron chi connectivity index (χ0n) is 14.2. The lowest BCUT2D eigenvalue weighted by Gasteiger charge is -2.07. The Morgan fingerprint density at radius 1 is 1.19 bits per heavy atom. The van der Waals surface area contributed by atoms with Crippen molar-refractivity contribution >= 4 is 29.1 Å². The van der Waals surface area contributed by atoms with Crippen LogP contribution in [0.2, 0.25) is 10.2 Å². The number of rotatable bonds is 6. The molecule has 0 bridgehead atoms. The van der Waals surface area contributed by atoms with E-state index in [1.165, 1.54) is 0 Å². The summed E-state index contributed by atoms with van der Waals surface area (Å²) in [5.74, 6) is -0.234. The summed E-state index contributed by atoms with van der Waals surface area (Å²) in [6, 6.07) is 11.3. The molecule has 0 unspecified atom stereocenters. The fourth-order valence-corrected chi connectivity index (χ4v) is 3.17. The van der Waals surface area contributed by atoms with Gasteiger partial charge in [0.25, 0.3) is 5.91 Å². The lowest BCUT2D eigenvalue weighted by molar-refractivity contribution is 0.0953. The van der Waals surface area contributed by atoms with Crippen molar-refractivity contribution in [2.24, 2.45) is 0 Å². The zero-order chi connectivity index (χ0) is 18.5. The second-order valence-electron chi connectivity index (χ2n) is 5.87. The normalized spacial score (nSPS) is 10.7. The Morgan fingerprint density at radius 3 is 2.73 bits per heavy atom. The molecule has 0 aliphatic carbocycles. The average molecular weight is 389 g/mol. The van der Waals surface area contributed by atoms with Crippen molar-refractivity contribution in [3.63, 3.8) is 0 Å². The van der Waals surface area contributed by atoms with E-state index in [1.807, 2.05) is 36.4 Å². The summed E-state index contributed by atoms with van der Waals surface area (Å²) < 4.78 is 1.59. The van der Waals surface area contributed by atoms with Crippen molar-refractivity contribution in [1.29, 1.82) is 0 Å². The molecule has 3 rings (SSSR count). The number of hydrogen-bond acceptors (Lipinski definition) is 3. The maximum Gasteiger partial charge on any atom is 0.256 e. The van der Waals surface area contributed by atoms with Gasteiger partial charge in [-0.2, -0.15) is 5.10 Å². The summed E-state index contributed by atoms with van der Waals surface area (Å²) >= 11 is 12.6. The number of nitrogens with zero attached hydrogens (tertiary/aromatic N) is 3. The van der Waals surface area contributed by atoms with Crippen molar-refractivity contribution in [2.75, 3.05) is 6.54 Å². The highest BCUT2D eigenvalue weighted by molar-refractivity contribution is 6.33. The minimum absolute atomic E-state index is 0.234. The van der Waals surface area contributed by atoms with Crippen molar-refractivity contribution in [2.45, 2.75) is 19.9 Å². The Balaban J connectivity index is 1.69. The summed E-state index contributed by atoms with van der Waals surface area (Å²) in [5, 5.41) is 8.22. The molecular formula is C19H18Cl2N4O. The molecule has 134 valence electrons. The predicted molar refractivity (Wildman–Crippen MR) is 103 cm³/mol. The van der Waals surface area contributed by atoms with Crippen molar-refractivity contribution in [3.8, 4) is 0 Å². The number of carbonyl (C=O) groups is 1. The van der Waals surface area contributed by atoms with Crippen molar-refractivity contribution in [1.82, 2.24) is 20.1 Å². The first-order valence-corrected chi connectivity index (χ1v) is 8.95. The number of halogens is 2. The molecule has 0 atom stereocenters. The Bertz CT molecular complexity index is 909. The summed E-state index contributed by atoms with van der Waals surface area (Å²) in [7, 11) is 0. The van der Waals surface area contributed by atoms with Crippen LogP contribution in [0.1, 0.15) is 27.2 Å². The number of nitrogens with one attached hydrogen (secondary N) is 1. The van der Waals surface area contributed by atoms with Crippen LogP contribution >= 0.6 is 23.2 Å². The molecule has 2 heterocycles. The van der Waals surface area contributed by atoms with Crippen LogP contribution in [0.3, 0.4) is 0 Å². The maximum absolute atomic E-state index is 12.5. The molecule has 0 saturated carbocycles. The second-order valence-corrected chi connectivity index (χ2v) is 6.63. The van der Waals surface area contributed by atoms with Gasteiger partial charge in [0, 0.05) is 24.0 Å². The Morgan fingerprint density at radius 2 is 2.00 bits per heavy atom. The molecule has 1 amide bonds. The van der Waals surface area contributed by atoms with Gasteiger partial charge in [-0.25, -0.2) is 4.68 Å². The molecule has 7 heteroatoms. The minimum atomic E-state index is -0.234. The van der Waals surface area contributed by atoms with Crippen LogP contribution in [0.4, 0.5) is 0 Å². The fourth-order valence-electron chi connectivity index (χ4n) is 2.66. The van der Waals surface area contributed by atoms with Gasteiger partial charge >= 0.3 is 0 Å². The number of aromatic nitrogens is 3. The molecule has 1 N–H and O–H groups in total. The quantitative estimate of drug-likeness (QED) is 0.695. The summed E-state index contributed by atoms with van der Waals surface area (Å²) in [6.45, 7) is 2.67. The molecule has 0 aliphatic rings. The number of hydrogen-bond donors (Lipinski definition) is 1. The van der Waals surface area contributed by atoms with E-state index in [0.29, 0.717) is 40.9 Å². The minimum Gasteiger partial charge on any atom is -0.352 e. The largest absolute Gasteiger partial charge is 0.352 e. The number of carbonyl (C=O) groups excluding carboxylic acids is 1. The number of aryl methyl sites for hydroxylation is 1.